The molecule has 2 aromatic rings. The summed E-state index contributed by atoms with van der Waals surface area (Å²) in [7, 11) is 0. The Morgan fingerprint density at radius 3 is 1.20 bits per heavy atom. The highest BCUT2D eigenvalue weighted by molar-refractivity contribution is 5.98. The number of hydrogen-bond donors (Lipinski definition) is 12. The number of carbonyl (C=O) groups excluding carboxylic acids is 7. The number of benzene rings is 2. The van der Waals surface area contributed by atoms with E-state index in [2.05, 4.69) is 22.9 Å². The summed E-state index contributed by atoms with van der Waals surface area (Å²) >= 11 is 0. The molecule has 94 heavy (non-hydrogen) atoms. The van der Waals surface area contributed by atoms with Crippen LogP contribution < -0.4 is 30.2 Å². The predicted molar refractivity (Wildman–Crippen MR) is 335 cm³/mol. The van der Waals surface area contributed by atoms with Crippen molar-refractivity contribution in [2.24, 2.45) is 0 Å². The molecule has 15 atom stereocenters. The summed E-state index contributed by atoms with van der Waals surface area (Å²) in [5.41, 5.74) is 1.17. The first kappa shape index (κ1) is 79.0. The molecule has 3 aliphatic rings. The molecule has 2 aromatic carbocycles. The maximum atomic E-state index is 13.8. The van der Waals surface area contributed by atoms with E-state index < -0.39 is 117 Å². The Kier molecular flexibility index (Phi) is 35.4. The van der Waals surface area contributed by atoms with Crippen LogP contribution in [-0.2, 0) is 57.2 Å². The number of aliphatic hydroxyl groups is 9. The summed E-state index contributed by atoms with van der Waals surface area (Å²) in [5, 5.41) is 98.5. The van der Waals surface area contributed by atoms with Crippen molar-refractivity contribution in [2.75, 3.05) is 59.3 Å². The lowest BCUT2D eigenvalue weighted by molar-refractivity contribution is -0.293. The molecule has 6 unspecified atom stereocenters. The fraction of sp³-hybridized carbons (Fsp3) is 0.712. The standard InChI is InChI=1S/C66H101N3O25/c1-5-6-7-8-9-22-51(73)44-30-42(31-48(34-44)89-36-47(72)19-14-24-67-52(74)23-10-11-27-86-64-61(83)58(80)55(77)39(2)92-64)43-32-49(90-37-53(75)68-25-12-17-45(70)20-15-28-87-65-62(84)59(81)56(78)40(3)93-65)35-50(33-43)91-38-54(76)69-26-13-18-46(71)21-16-29-88-66-63(85)60(82)57(79)41(4)94-66/h30-35,39-41,55-66,77-85H,5-29,36-38H2,1-4H3,(H,67,74)(H,68,75)(H,69,76)/t39-,40-,41-,55-,56-,57-,58?,59?,60?,61-,62-,63-,64?,65?,66?/m0/s1. The molecular weight excluding hydrogens is 1230 g/mol. The third-order valence-corrected chi connectivity index (χ3v) is 16.2. The Hall–Kier alpha value is -5.67. The van der Waals surface area contributed by atoms with Gasteiger partial charge < -0.3 is 105 Å². The smallest absolute Gasteiger partial charge is 0.257 e. The molecule has 28 heteroatoms. The van der Waals surface area contributed by atoms with Crippen molar-refractivity contribution >= 4 is 40.9 Å². The van der Waals surface area contributed by atoms with Gasteiger partial charge in [-0.25, -0.2) is 0 Å². The molecule has 0 saturated carbocycles. The minimum absolute atomic E-state index is 0.0516. The maximum absolute atomic E-state index is 13.8. The van der Waals surface area contributed by atoms with Crippen molar-refractivity contribution in [3.63, 3.8) is 0 Å². The highest BCUT2D eigenvalue weighted by atomic mass is 16.7. The van der Waals surface area contributed by atoms with Gasteiger partial charge in [0.2, 0.25) is 5.91 Å². The van der Waals surface area contributed by atoms with E-state index in [9.17, 15) is 79.5 Å². The van der Waals surface area contributed by atoms with Gasteiger partial charge in [0.25, 0.3) is 11.8 Å². The van der Waals surface area contributed by atoms with E-state index in [4.69, 9.17) is 42.6 Å². The number of nitrogens with one attached hydrogen (secondary N) is 3. The van der Waals surface area contributed by atoms with Crippen LogP contribution in [0.1, 0.15) is 160 Å². The van der Waals surface area contributed by atoms with Crippen LogP contribution >= 0.6 is 0 Å². The SMILES string of the molecule is CCCCCCCC(=O)c1cc(OCC(=O)CCCNC(=O)CCCCOC2O[C@@H](C)[C@H](O)C(O)[C@@H]2O)cc(-c2cc(OCC(=O)NCCCC(=O)CCCOC3O[C@@H](C)[C@H](O)C(O)[C@@H]3O)cc(OCC(=O)NCCCC(=O)CCCOC3O[C@@H](C)[C@H](O)C(O)[C@@H]3O)c2)c1. The summed E-state index contributed by atoms with van der Waals surface area (Å²) in [4.78, 5) is 91.1. The van der Waals surface area contributed by atoms with Gasteiger partial charge in [-0.15, -0.1) is 0 Å². The zero-order valence-electron chi connectivity index (χ0n) is 54.5. The fourth-order valence-corrected chi connectivity index (χ4v) is 10.4. The molecule has 28 nitrogen and oxygen atoms in total. The van der Waals surface area contributed by atoms with E-state index in [-0.39, 0.29) is 137 Å². The van der Waals surface area contributed by atoms with Crippen LogP contribution in [0.25, 0.3) is 11.1 Å². The van der Waals surface area contributed by atoms with E-state index in [1.807, 2.05) is 0 Å². The Morgan fingerprint density at radius 1 is 0.372 bits per heavy atom. The highest BCUT2D eigenvalue weighted by Gasteiger charge is 2.44. The molecule has 12 N–H and O–H groups in total. The zero-order valence-corrected chi connectivity index (χ0v) is 54.5. The largest absolute Gasteiger partial charge is 0.486 e. The number of ketones is 4. The molecule has 530 valence electrons. The van der Waals surface area contributed by atoms with Gasteiger partial charge in [-0.05, 0) is 114 Å². The van der Waals surface area contributed by atoms with Gasteiger partial charge in [0.1, 0.15) is 90.4 Å². The summed E-state index contributed by atoms with van der Waals surface area (Å²) in [6.45, 7) is 6.17. The van der Waals surface area contributed by atoms with Crippen LogP contribution in [0.4, 0.5) is 0 Å². The topological polar surface area (TPSA) is 421 Å². The van der Waals surface area contributed by atoms with Gasteiger partial charge in [0, 0.05) is 82.8 Å². The maximum Gasteiger partial charge on any atom is 0.257 e. The molecule has 0 bridgehead atoms. The molecule has 3 amide bonds. The Balaban J connectivity index is 1.16. The van der Waals surface area contributed by atoms with Crippen molar-refractivity contribution in [2.45, 2.75) is 242 Å². The minimum Gasteiger partial charge on any atom is -0.486 e. The molecule has 0 radical (unpaired) electrons. The van der Waals surface area contributed by atoms with Crippen LogP contribution in [0.15, 0.2) is 36.4 Å². The third-order valence-electron chi connectivity index (χ3n) is 16.2. The average molecular weight is 1340 g/mol. The van der Waals surface area contributed by atoms with E-state index in [1.165, 1.54) is 19.9 Å². The van der Waals surface area contributed by atoms with E-state index >= 15 is 0 Å². The van der Waals surface area contributed by atoms with Crippen LogP contribution in [0, 0.1) is 0 Å². The number of Topliss-reactive ketones (excluding diaryl/α,β-unsaturated/α-hetero) is 4. The first-order chi connectivity index (χ1) is 44.9. The van der Waals surface area contributed by atoms with Crippen molar-refractivity contribution in [3.05, 3.63) is 42.0 Å². The van der Waals surface area contributed by atoms with Crippen LogP contribution in [0.2, 0.25) is 0 Å². The number of rotatable bonds is 45. The lowest BCUT2D eigenvalue weighted by atomic mass is 9.98. The van der Waals surface area contributed by atoms with Crippen molar-refractivity contribution in [1.29, 1.82) is 0 Å². The van der Waals surface area contributed by atoms with E-state index in [1.54, 1.807) is 37.3 Å². The Bertz CT molecular complexity index is 2570. The van der Waals surface area contributed by atoms with Crippen LogP contribution in [0.5, 0.6) is 17.2 Å². The Labute approximate surface area is 548 Å². The van der Waals surface area contributed by atoms with Crippen molar-refractivity contribution < 1.29 is 122 Å². The van der Waals surface area contributed by atoms with E-state index in [0.29, 0.717) is 68.1 Å². The first-order valence-electron chi connectivity index (χ1n) is 33.0. The fourth-order valence-electron chi connectivity index (χ4n) is 10.4. The zero-order chi connectivity index (χ0) is 68.7. The van der Waals surface area contributed by atoms with Gasteiger partial charge in [-0.3, -0.25) is 33.6 Å². The summed E-state index contributed by atoms with van der Waals surface area (Å²) in [5.74, 6) is -1.42. The summed E-state index contributed by atoms with van der Waals surface area (Å²) in [6.07, 6.45) is -10.1. The van der Waals surface area contributed by atoms with Crippen LogP contribution in [-0.4, -0.2) is 238 Å². The second kappa shape index (κ2) is 42.1. The quantitative estimate of drug-likeness (QED) is 0.0331. The molecule has 3 heterocycles. The van der Waals surface area contributed by atoms with Gasteiger partial charge in [0.05, 0.1) is 31.5 Å². The van der Waals surface area contributed by atoms with Gasteiger partial charge in [-0.2, -0.15) is 0 Å². The molecule has 3 fully saturated rings. The summed E-state index contributed by atoms with van der Waals surface area (Å²) in [6, 6.07) is 9.52. The van der Waals surface area contributed by atoms with Crippen molar-refractivity contribution in [3.8, 4) is 28.4 Å². The number of aliphatic hydroxyl groups excluding tert-OH is 9. The van der Waals surface area contributed by atoms with E-state index in [0.717, 1.165) is 25.7 Å². The number of ether oxygens (including phenoxy) is 9. The molecular formula is C66H101N3O25. The Morgan fingerprint density at radius 2 is 0.745 bits per heavy atom. The van der Waals surface area contributed by atoms with Gasteiger partial charge in [-0.1, -0.05) is 32.6 Å². The molecule has 0 aromatic heterocycles. The highest BCUT2D eigenvalue weighted by Crippen LogP contribution is 2.34. The summed E-state index contributed by atoms with van der Waals surface area (Å²) < 4.78 is 50.8. The molecule has 3 saturated heterocycles. The minimum atomic E-state index is -1.46. The molecule has 0 spiro atoms. The monoisotopic (exact) mass is 1340 g/mol. The van der Waals surface area contributed by atoms with Crippen molar-refractivity contribution in [1.82, 2.24) is 16.0 Å². The average Bonchev–Trinajstić information content (AvgIpc) is 2.91. The van der Waals surface area contributed by atoms with Gasteiger partial charge >= 0.3 is 0 Å². The number of carbonyl (C=O) groups is 7. The molecule has 5 rings (SSSR count). The lowest BCUT2D eigenvalue weighted by Gasteiger charge is -2.38. The second-order valence-electron chi connectivity index (χ2n) is 24.2. The van der Waals surface area contributed by atoms with Crippen LogP contribution in [0.3, 0.4) is 0 Å². The normalized spacial score (nSPS) is 26.0. The number of amides is 3. The lowest BCUT2D eigenvalue weighted by Crippen LogP contribution is -2.57. The molecule has 3 aliphatic heterocycles. The second-order valence-corrected chi connectivity index (χ2v) is 24.2. The number of hydrogen-bond acceptors (Lipinski definition) is 25. The molecule has 0 aliphatic carbocycles. The first-order valence-corrected chi connectivity index (χ1v) is 33.0. The predicted octanol–water partition coefficient (Wildman–Crippen LogP) is 1.69. The van der Waals surface area contributed by atoms with Gasteiger partial charge in [0.15, 0.2) is 43.7 Å². The third kappa shape index (κ3) is 27.4. The number of unbranched alkanes of at least 4 members (excludes halogenated alkanes) is 5.